The number of imide groups is 1. The molecule has 9 heteroatoms. The molecule has 6 rings (SSSR count). The van der Waals surface area contributed by atoms with E-state index in [1.807, 2.05) is 22.4 Å². The quantitative estimate of drug-likeness (QED) is 0.468. The first-order chi connectivity index (χ1) is 18.5. The van der Waals surface area contributed by atoms with E-state index in [1.54, 1.807) is 12.3 Å². The number of thiazole rings is 1. The number of hydrogen-bond donors (Lipinski definition) is 0. The maximum atomic E-state index is 13.4. The fraction of sp³-hybridized carbons (Fsp3) is 0.379. The Hall–Kier alpha value is -3.72. The van der Waals surface area contributed by atoms with Crippen molar-refractivity contribution in [2.75, 3.05) is 49.1 Å². The van der Waals surface area contributed by atoms with Crippen molar-refractivity contribution in [1.29, 1.82) is 0 Å². The summed E-state index contributed by atoms with van der Waals surface area (Å²) in [6.45, 7) is 6.87. The monoisotopic (exact) mass is 529 g/mol. The molecule has 8 nitrogen and oxygen atoms in total. The molecule has 4 heterocycles. The molecule has 0 radical (unpaired) electrons. The van der Waals surface area contributed by atoms with Gasteiger partial charge >= 0.3 is 0 Å². The van der Waals surface area contributed by atoms with Crippen LogP contribution >= 0.6 is 11.3 Å². The van der Waals surface area contributed by atoms with Crippen molar-refractivity contribution in [1.82, 2.24) is 14.8 Å². The Morgan fingerprint density at radius 1 is 0.895 bits per heavy atom. The van der Waals surface area contributed by atoms with E-state index in [9.17, 15) is 14.4 Å². The van der Waals surface area contributed by atoms with Crippen LogP contribution in [0.2, 0.25) is 0 Å². The maximum absolute atomic E-state index is 13.4. The topological polar surface area (TPSA) is 77.1 Å². The second-order valence-corrected chi connectivity index (χ2v) is 11.2. The van der Waals surface area contributed by atoms with Gasteiger partial charge in [-0.1, -0.05) is 24.3 Å². The Morgan fingerprint density at radius 3 is 2.32 bits per heavy atom. The van der Waals surface area contributed by atoms with E-state index < -0.39 is 0 Å². The minimum Gasteiger partial charge on any atom is -0.371 e. The highest BCUT2D eigenvalue weighted by molar-refractivity contribution is 7.09. The van der Waals surface area contributed by atoms with Crippen molar-refractivity contribution in [3.05, 3.63) is 75.7 Å². The van der Waals surface area contributed by atoms with Crippen molar-refractivity contribution < 1.29 is 14.4 Å². The van der Waals surface area contributed by atoms with Gasteiger partial charge in [-0.25, -0.2) is 4.98 Å². The molecule has 0 spiro atoms. The van der Waals surface area contributed by atoms with Gasteiger partial charge in [0.2, 0.25) is 5.91 Å². The van der Waals surface area contributed by atoms with Gasteiger partial charge in [0.05, 0.1) is 23.4 Å². The first-order valence-corrected chi connectivity index (χ1v) is 14.1. The second-order valence-electron chi connectivity index (χ2n) is 10.2. The molecule has 0 N–H and O–H groups in total. The number of benzene rings is 2. The summed E-state index contributed by atoms with van der Waals surface area (Å²) in [6.07, 6.45) is 3.16. The van der Waals surface area contributed by atoms with E-state index in [4.69, 9.17) is 0 Å². The van der Waals surface area contributed by atoms with Crippen LogP contribution in [0.25, 0.3) is 0 Å². The Balaban J connectivity index is 1.08. The van der Waals surface area contributed by atoms with E-state index in [0.29, 0.717) is 24.2 Å². The normalized spacial score (nSPS) is 18.3. The maximum Gasteiger partial charge on any atom is 0.264 e. The SMILES string of the molecule is Cc1ccccc1N1CCN(C(=O)C2CCN(c3cccc4c3C(=O)N(Cc3nccs3)C4=O)CC2)CC1. The summed E-state index contributed by atoms with van der Waals surface area (Å²) in [4.78, 5) is 51.8. The molecule has 2 aromatic carbocycles. The average molecular weight is 530 g/mol. The lowest BCUT2D eigenvalue weighted by Crippen LogP contribution is -2.52. The molecule has 196 valence electrons. The molecular formula is C29H31N5O3S. The van der Waals surface area contributed by atoms with Gasteiger partial charge in [0.25, 0.3) is 11.8 Å². The summed E-state index contributed by atoms with van der Waals surface area (Å²) < 4.78 is 0. The molecule has 3 aliphatic rings. The van der Waals surface area contributed by atoms with Crippen molar-refractivity contribution in [3.63, 3.8) is 0 Å². The number of para-hydroxylation sites is 1. The summed E-state index contributed by atoms with van der Waals surface area (Å²) in [5, 5.41) is 2.58. The predicted octanol–water partition coefficient (Wildman–Crippen LogP) is 3.81. The van der Waals surface area contributed by atoms with Crippen LogP contribution in [-0.4, -0.2) is 71.8 Å². The van der Waals surface area contributed by atoms with Gasteiger partial charge < -0.3 is 14.7 Å². The van der Waals surface area contributed by atoms with Crippen LogP contribution in [0.15, 0.2) is 54.0 Å². The zero-order valence-electron chi connectivity index (χ0n) is 21.5. The number of piperazine rings is 1. The molecule has 3 aromatic rings. The molecule has 0 saturated carbocycles. The molecule has 38 heavy (non-hydrogen) atoms. The Kier molecular flexibility index (Phi) is 6.61. The minimum atomic E-state index is -0.267. The minimum absolute atomic E-state index is 0.00763. The third-order valence-corrected chi connectivity index (χ3v) is 8.75. The molecule has 0 bridgehead atoms. The van der Waals surface area contributed by atoms with Gasteiger partial charge in [-0.05, 0) is 43.5 Å². The molecular weight excluding hydrogens is 498 g/mol. The van der Waals surface area contributed by atoms with Crippen LogP contribution in [-0.2, 0) is 11.3 Å². The van der Waals surface area contributed by atoms with E-state index in [-0.39, 0.29) is 30.2 Å². The standard InChI is InChI=1S/C29H31N5O3S/c1-20-5-2-3-7-23(20)32-14-16-33(17-15-32)27(35)21-9-12-31(13-10-21)24-8-4-6-22-26(24)29(37)34(28(22)36)19-25-30-11-18-38-25/h2-8,11,18,21H,9-10,12-17,19H2,1H3. The molecule has 0 unspecified atom stereocenters. The van der Waals surface area contributed by atoms with E-state index >= 15 is 0 Å². The van der Waals surface area contributed by atoms with Crippen molar-refractivity contribution in [2.45, 2.75) is 26.3 Å². The van der Waals surface area contributed by atoms with Crippen LogP contribution in [0.1, 0.15) is 44.1 Å². The van der Waals surface area contributed by atoms with Crippen LogP contribution in [0.5, 0.6) is 0 Å². The van der Waals surface area contributed by atoms with Crippen molar-refractivity contribution in [2.24, 2.45) is 5.92 Å². The summed E-state index contributed by atoms with van der Waals surface area (Å²) in [5.41, 5.74) is 4.24. The zero-order valence-corrected chi connectivity index (χ0v) is 22.3. The van der Waals surface area contributed by atoms with Crippen LogP contribution < -0.4 is 9.80 Å². The second kappa shape index (κ2) is 10.2. The molecule has 1 aromatic heterocycles. The smallest absolute Gasteiger partial charge is 0.264 e. The van der Waals surface area contributed by atoms with Crippen molar-refractivity contribution in [3.8, 4) is 0 Å². The number of piperidine rings is 1. The summed E-state index contributed by atoms with van der Waals surface area (Å²) in [6, 6.07) is 13.9. The van der Waals surface area contributed by atoms with Gasteiger partial charge in [-0.3, -0.25) is 19.3 Å². The lowest BCUT2D eigenvalue weighted by Gasteiger charge is -2.40. The lowest BCUT2D eigenvalue weighted by atomic mass is 9.93. The Bertz CT molecular complexity index is 1360. The average Bonchev–Trinajstić information content (AvgIpc) is 3.56. The number of hydrogen-bond acceptors (Lipinski definition) is 7. The molecule has 0 aliphatic carbocycles. The Labute approximate surface area is 226 Å². The first-order valence-electron chi connectivity index (χ1n) is 13.2. The zero-order chi connectivity index (χ0) is 26.2. The molecule has 0 atom stereocenters. The number of aryl methyl sites for hydroxylation is 1. The van der Waals surface area contributed by atoms with E-state index in [1.165, 1.54) is 27.5 Å². The van der Waals surface area contributed by atoms with Gasteiger partial charge in [-0.15, -0.1) is 11.3 Å². The molecule has 2 fully saturated rings. The van der Waals surface area contributed by atoms with Gasteiger partial charge in [0.15, 0.2) is 0 Å². The largest absolute Gasteiger partial charge is 0.371 e. The lowest BCUT2D eigenvalue weighted by molar-refractivity contribution is -0.136. The third-order valence-electron chi connectivity index (χ3n) is 7.99. The predicted molar refractivity (Wildman–Crippen MR) is 148 cm³/mol. The first kappa shape index (κ1) is 24.6. The van der Waals surface area contributed by atoms with Gasteiger partial charge in [0.1, 0.15) is 5.01 Å². The van der Waals surface area contributed by atoms with Crippen LogP contribution in [0, 0.1) is 12.8 Å². The number of nitrogens with zero attached hydrogens (tertiary/aromatic N) is 5. The fourth-order valence-electron chi connectivity index (χ4n) is 5.90. The number of carbonyl (C=O) groups excluding carboxylic acids is 3. The molecule has 2 saturated heterocycles. The summed E-state index contributed by atoms with van der Waals surface area (Å²) in [5.74, 6) is -0.294. The summed E-state index contributed by atoms with van der Waals surface area (Å²) in [7, 11) is 0. The number of anilines is 2. The number of amides is 3. The van der Waals surface area contributed by atoms with E-state index in [0.717, 1.165) is 49.7 Å². The highest BCUT2D eigenvalue weighted by Gasteiger charge is 2.40. The molecule has 3 amide bonds. The summed E-state index contributed by atoms with van der Waals surface area (Å²) >= 11 is 1.43. The van der Waals surface area contributed by atoms with E-state index in [2.05, 4.69) is 46.0 Å². The number of carbonyl (C=O) groups is 3. The fourth-order valence-corrected chi connectivity index (χ4v) is 6.50. The third kappa shape index (κ3) is 4.45. The number of aromatic nitrogens is 1. The van der Waals surface area contributed by atoms with Gasteiger partial charge in [-0.2, -0.15) is 0 Å². The van der Waals surface area contributed by atoms with Crippen LogP contribution in [0.4, 0.5) is 11.4 Å². The number of rotatable bonds is 5. The van der Waals surface area contributed by atoms with Gasteiger partial charge in [0, 0.05) is 62.5 Å². The van der Waals surface area contributed by atoms with Crippen molar-refractivity contribution >= 4 is 40.4 Å². The highest BCUT2D eigenvalue weighted by Crippen LogP contribution is 2.35. The highest BCUT2D eigenvalue weighted by atomic mass is 32.1. The number of fused-ring (bicyclic) bond motifs is 1. The Morgan fingerprint density at radius 2 is 1.61 bits per heavy atom. The molecule has 3 aliphatic heterocycles. The van der Waals surface area contributed by atoms with Crippen LogP contribution in [0.3, 0.4) is 0 Å².